The highest BCUT2D eigenvalue weighted by atomic mass is 16.5. The molecule has 0 fully saturated rings. The summed E-state index contributed by atoms with van der Waals surface area (Å²) >= 11 is 0. The third-order valence-electron chi connectivity index (χ3n) is 5.71. The number of anilines is 1. The number of carbonyl (C=O) groups is 1. The summed E-state index contributed by atoms with van der Waals surface area (Å²) in [6.07, 6.45) is 1.53. The zero-order valence-electron chi connectivity index (χ0n) is 19.6. The Balaban J connectivity index is 2.04. The fourth-order valence-corrected chi connectivity index (χ4v) is 4.36. The lowest BCUT2D eigenvalue weighted by Gasteiger charge is -2.31. The van der Waals surface area contributed by atoms with Crippen LogP contribution in [0.5, 0.6) is 17.2 Å². The molecule has 0 bridgehead atoms. The molecule has 1 aliphatic rings. The topological polar surface area (TPSA) is 83.8 Å². The Bertz CT molecular complexity index is 1190. The number of para-hydroxylation sites is 2. The summed E-state index contributed by atoms with van der Waals surface area (Å²) < 4.78 is 24.3. The molecule has 0 unspecified atom stereocenters. The van der Waals surface area contributed by atoms with E-state index in [1.165, 1.54) is 0 Å². The van der Waals surface area contributed by atoms with Crippen molar-refractivity contribution in [1.29, 1.82) is 0 Å². The van der Waals surface area contributed by atoms with Gasteiger partial charge in [-0.2, -0.15) is 0 Å². The third-order valence-corrected chi connectivity index (χ3v) is 5.71. The first-order valence-electron chi connectivity index (χ1n) is 11.0. The predicted molar refractivity (Wildman–Crippen MR) is 126 cm³/mol. The molecule has 174 valence electrons. The van der Waals surface area contributed by atoms with Crippen molar-refractivity contribution in [1.82, 2.24) is 9.55 Å². The van der Waals surface area contributed by atoms with E-state index in [1.807, 2.05) is 41.0 Å². The minimum atomic E-state index is -0.497. The van der Waals surface area contributed by atoms with Crippen molar-refractivity contribution in [3.63, 3.8) is 0 Å². The van der Waals surface area contributed by atoms with Gasteiger partial charge in [-0.3, -0.25) is 4.57 Å². The number of nitrogens with zero attached hydrogens (tertiary/aromatic N) is 2. The second-order valence-corrected chi connectivity index (χ2v) is 7.64. The van der Waals surface area contributed by atoms with Crippen LogP contribution in [0.25, 0.3) is 11.0 Å². The Labute approximate surface area is 193 Å². The number of ether oxygens (including phenoxy) is 4. The quantitative estimate of drug-likeness (QED) is 0.497. The number of esters is 1. The highest BCUT2D eigenvalue weighted by Gasteiger charge is 2.37. The van der Waals surface area contributed by atoms with Crippen LogP contribution >= 0.6 is 0 Å². The van der Waals surface area contributed by atoms with Gasteiger partial charge in [-0.05, 0) is 43.2 Å². The van der Waals surface area contributed by atoms with Crippen LogP contribution in [0.3, 0.4) is 0 Å². The van der Waals surface area contributed by atoms with E-state index in [4.69, 9.17) is 23.9 Å². The van der Waals surface area contributed by atoms with Crippen LogP contribution in [-0.2, 0) is 9.53 Å². The Morgan fingerprint density at radius 2 is 1.76 bits per heavy atom. The van der Waals surface area contributed by atoms with Gasteiger partial charge in [0.25, 0.3) is 0 Å². The van der Waals surface area contributed by atoms with Crippen LogP contribution in [0, 0.1) is 0 Å². The average molecular weight is 452 g/mol. The first-order chi connectivity index (χ1) is 16.1. The molecule has 8 nitrogen and oxygen atoms in total. The van der Waals surface area contributed by atoms with Crippen molar-refractivity contribution in [3.05, 3.63) is 53.2 Å². The minimum Gasteiger partial charge on any atom is -0.493 e. The predicted octanol–water partition coefficient (Wildman–Crippen LogP) is 4.69. The van der Waals surface area contributed by atoms with E-state index in [0.717, 1.165) is 28.7 Å². The van der Waals surface area contributed by atoms with Gasteiger partial charge >= 0.3 is 5.97 Å². The maximum atomic E-state index is 13.3. The van der Waals surface area contributed by atoms with Gasteiger partial charge in [-0.25, -0.2) is 9.78 Å². The molecule has 0 spiro atoms. The number of rotatable bonds is 8. The fourth-order valence-electron chi connectivity index (χ4n) is 4.36. The highest BCUT2D eigenvalue weighted by molar-refractivity contribution is 5.94. The molecule has 0 amide bonds. The molecule has 1 aliphatic heterocycles. The fraction of sp³-hybridized carbons (Fsp3) is 0.360. The van der Waals surface area contributed by atoms with Gasteiger partial charge in [0.15, 0.2) is 11.5 Å². The summed E-state index contributed by atoms with van der Waals surface area (Å²) in [5.74, 6) is 1.82. The standard InChI is InChI=1S/C25H29N3O5/c1-6-10-17-21(24(29)33-7-2)22(15-13-19(30-3)23(32-5)20(14-15)31-4)28-18-12-9-8-11-16(18)26-25(28)27-17/h8-9,11-14,22H,6-7,10H2,1-5H3,(H,26,27)/t22-/m0/s1. The molecule has 4 rings (SSSR count). The number of carbonyl (C=O) groups excluding carboxylic acids is 1. The van der Waals surface area contributed by atoms with E-state index >= 15 is 0 Å². The van der Waals surface area contributed by atoms with Gasteiger partial charge in [0.05, 0.1) is 50.6 Å². The molecule has 2 aromatic carbocycles. The van der Waals surface area contributed by atoms with Gasteiger partial charge in [0, 0.05) is 5.70 Å². The van der Waals surface area contributed by atoms with E-state index in [9.17, 15) is 4.79 Å². The average Bonchev–Trinajstić information content (AvgIpc) is 3.20. The van der Waals surface area contributed by atoms with Crippen LogP contribution in [0.4, 0.5) is 5.95 Å². The van der Waals surface area contributed by atoms with Crippen LogP contribution in [0.15, 0.2) is 47.7 Å². The van der Waals surface area contributed by atoms with Crippen LogP contribution in [-0.4, -0.2) is 43.5 Å². The van der Waals surface area contributed by atoms with E-state index in [0.29, 0.717) is 35.2 Å². The number of hydrogen-bond donors (Lipinski definition) is 1. The molecule has 2 heterocycles. The maximum Gasteiger partial charge on any atom is 0.338 e. The van der Waals surface area contributed by atoms with Crippen LogP contribution in [0.2, 0.25) is 0 Å². The molecule has 3 aromatic rings. The molecule has 1 N–H and O–H groups in total. The first-order valence-corrected chi connectivity index (χ1v) is 11.0. The zero-order chi connectivity index (χ0) is 23.5. The molecule has 0 saturated carbocycles. The highest BCUT2D eigenvalue weighted by Crippen LogP contribution is 2.46. The SMILES string of the molecule is CCCC1=C(C(=O)OCC)[C@H](c2cc(OC)c(OC)c(OC)c2)n2c(nc3ccccc32)N1. The molecular formula is C25H29N3O5. The lowest BCUT2D eigenvalue weighted by molar-refractivity contribution is -0.139. The lowest BCUT2D eigenvalue weighted by Crippen LogP contribution is -2.30. The van der Waals surface area contributed by atoms with Crippen molar-refractivity contribution >= 4 is 23.0 Å². The molecule has 0 saturated heterocycles. The summed E-state index contributed by atoms with van der Waals surface area (Å²) in [4.78, 5) is 18.1. The molecular weight excluding hydrogens is 422 g/mol. The Hall–Kier alpha value is -3.68. The van der Waals surface area contributed by atoms with Crippen LogP contribution in [0.1, 0.15) is 38.3 Å². The summed E-state index contributed by atoms with van der Waals surface area (Å²) in [7, 11) is 4.72. The van der Waals surface area contributed by atoms with Crippen molar-refractivity contribution in [3.8, 4) is 17.2 Å². The van der Waals surface area contributed by atoms with E-state index in [-0.39, 0.29) is 12.6 Å². The monoisotopic (exact) mass is 451 g/mol. The lowest BCUT2D eigenvalue weighted by atomic mass is 9.92. The zero-order valence-corrected chi connectivity index (χ0v) is 19.6. The second kappa shape index (κ2) is 9.44. The largest absolute Gasteiger partial charge is 0.493 e. The van der Waals surface area contributed by atoms with Gasteiger partial charge < -0.3 is 24.3 Å². The number of allylic oxidation sites excluding steroid dienone is 1. The Morgan fingerprint density at radius 3 is 2.36 bits per heavy atom. The van der Waals surface area contributed by atoms with E-state index in [2.05, 4.69) is 12.2 Å². The molecule has 8 heteroatoms. The van der Waals surface area contributed by atoms with Gasteiger partial charge in [0.1, 0.15) is 0 Å². The molecule has 1 aromatic heterocycles. The summed E-state index contributed by atoms with van der Waals surface area (Å²) in [6.45, 7) is 4.16. The smallest absolute Gasteiger partial charge is 0.338 e. The van der Waals surface area contributed by atoms with Gasteiger partial charge in [-0.15, -0.1) is 0 Å². The number of hydrogen-bond acceptors (Lipinski definition) is 7. The minimum absolute atomic E-state index is 0.279. The van der Waals surface area contributed by atoms with E-state index in [1.54, 1.807) is 28.3 Å². The number of imidazole rings is 1. The van der Waals surface area contributed by atoms with Gasteiger partial charge in [0.2, 0.25) is 11.7 Å². The normalized spacial score (nSPS) is 15.1. The molecule has 0 aliphatic carbocycles. The summed E-state index contributed by atoms with van der Waals surface area (Å²) in [6, 6.07) is 11.1. The van der Waals surface area contributed by atoms with Crippen molar-refractivity contribution < 1.29 is 23.7 Å². The van der Waals surface area contributed by atoms with Crippen molar-refractivity contribution in [2.75, 3.05) is 33.3 Å². The maximum absolute atomic E-state index is 13.3. The van der Waals surface area contributed by atoms with E-state index < -0.39 is 6.04 Å². The summed E-state index contributed by atoms with van der Waals surface area (Å²) in [5, 5.41) is 3.40. The van der Waals surface area contributed by atoms with Crippen LogP contribution < -0.4 is 19.5 Å². The number of benzene rings is 2. The second-order valence-electron chi connectivity index (χ2n) is 7.64. The molecule has 0 radical (unpaired) electrons. The Morgan fingerprint density at radius 1 is 1.06 bits per heavy atom. The number of fused-ring (bicyclic) bond motifs is 3. The third kappa shape index (κ3) is 3.86. The summed E-state index contributed by atoms with van der Waals surface area (Å²) in [5.41, 5.74) is 3.88. The van der Waals surface area contributed by atoms with Gasteiger partial charge in [-0.1, -0.05) is 25.5 Å². The first kappa shape index (κ1) is 22.5. The number of nitrogens with one attached hydrogen (secondary N) is 1. The van der Waals surface area contributed by atoms with Crippen molar-refractivity contribution in [2.45, 2.75) is 32.7 Å². The molecule has 1 atom stereocenters. The van der Waals surface area contributed by atoms with Crippen molar-refractivity contribution in [2.24, 2.45) is 0 Å². The number of aromatic nitrogens is 2. The Kier molecular flexibility index (Phi) is 6.44. The number of methoxy groups -OCH3 is 3. The molecule has 33 heavy (non-hydrogen) atoms.